The molecule has 2 aromatic carbocycles. The fraction of sp³-hybridized carbons (Fsp3) is 0.188. The molecule has 23 heavy (non-hydrogen) atoms. The van der Waals surface area contributed by atoms with Gasteiger partial charge in [0.1, 0.15) is 0 Å². The molecule has 2 N–H and O–H groups in total. The van der Waals surface area contributed by atoms with Gasteiger partial charge in [-0.05, 0) is 17.7 Å². The van der Waals surface area contributed by atoms with Crippen molar-refractivity contribution in [1.29, 1.82) is 0 Å². The van der Waals surface area contributed by atoms with E-state index in [2.05, 4.69) is 5.32 Å². The van der Waals surface area contributed by atoms with Crippen LogP contribution in [0, 0.1) is 10.1 Å². The summed E-state index contributed by atoms with van der Waals surface area (Å²) in [5, 5.41) is 23.3. The van der Waals surface area contributed by atoms with E-state index in [9.17, 15) is 20.0 Å². The summed E-state index contributed by atoms with van der Waals surface area (Å²) >= 11 is 0. The Labute approximate surface area is 132 Å². The van der Waals surface area contributed by atoms with E-state index in [0.29, 0.717) is 16.9 Å². The van der Waals surface area contributed by atoms with Gasteiger partial charge < -0.3 is 15.2 Å². The van der Waals surface area contributed by atoms with Crippen LogP contribution in [0.15, 0.2) is 42.5 Å². The van der Waals surface area contributed by atoms with Crippen molar-refractivity contribution >= 4 is 11.6 Å². The molecule has 1 amide bonds. The van der Waals surface area contributed by atoms with Crippen LogP contribution in [0.1, 0.15) is 11.1 Å². The highest BCUT2D eigenvalue weighted by atomic mass is 16.6. The Morgan fingerprint density at radius 2 is 2.04 bits per heavy atom. The number of rotatable bonds is 6. The highest BCUT2D eigenvalue weighted by Gasteiger charge is 2.15. The van der Waals surface area contributed by atoms with Gasteiger partial charge in [-0.25, -0.2) is 0 Å². The maximum atomic E-state index is 11.9. The Kier molecular flexibility index (Phi) is 5.14. The molecular weight excluding hydrogens is 300 g/mol. The molecular formula is C16H16N2O5. The van der Waals surface area contributed by atoms with Crippen LogP contribution in [0.2, 0.25) is 0 Å². The lowest BCUT2D eigenvalue weighted by atomic mass is 10.1. The van der Waals surface area contributed by atoms with Crippen molar-refractivity contribution in [2.75, 3.05) is 7.11 Å². The average molecular weight is 316 g/mol. The topological polar surface area (TPSA) is 102 Å². The molecule has 0 aliphatic rings. The molecule has 0 aliphatic heterocycles. The van der Waals surface area contributed by atoms with Crippen LogP contribution in [0.5, 0.6) is 11.5 Å². The molecule has 0 spiro atoms. The van der Waals surface area contributed by atoms with Crippen LogP contribution in [-0.4, -0.2) is 23.0 Å². The molecule has 2 rings (SSSR count). The molecule has 2 aromatic rings. The Balaban J connectivity index is 1.98. The van der Waals surface area contributed by atoms with Crippen molar-refractivity contribution in [3.05, 3.63) is 63.7 Å². The largest absolute Gasteiger partial charge is 0.504 e. The number of nitrogens with one attached hydrogen (secondary N) is 1. The number of aromatic hydroxyl groups is 1. The Bertz CT molecular complexity index is 730. The fourth-order valence-corrected chi connectivity index (χ4v) is 2.12. The number of para-hydroxylation sites is 1. The van der Waals surface area contributed by atoms with E-state index in [1.165, 1.54) is 19.2 Å². The monoisotopic (exact) mass is 316 g/mol. The molecule has 0 saturated carbocycles. The highest BCUT2D eigenvalue weighted by molar-refractivity contribution is 5.79. The van der Waals surface area contributed by atoms with E-state index in [-0.39, 0.29) is 30.3 Å². The molecule has 0 saturated heterocycles. The van der Waals surface area contributed by atoms with Crippen molar-refractivity contribution in [2.24, 2.45) is 0 Å². The Morgan fingerprint density at radius 3 is 2.70 bits per heavy atom. The average Bonchev–Trinajstić information content (AvgIpc) is 2.53. The summed E-state index contributed by atoms with van der Waals surface area (Å²) in [4.78, 5) is 22.4. The number of benzene rings is 2. The minimum atomic E-state index is -0.510. The summed E-state index contributed by atoms with van der Waals surface area (Å²) < 4.78 is 4.94. The zero-order valence-corrected chi connectivity index (χ0v) is 12.5. The second-order valence-corrected chi connectivity index (χ2v) is 4.85. The van der Waals surface area contributed by atoms with Crippen molar-refractivity contribution in [1.82, 2.24) is 5.32 Å². The van der Waals surface area contributed by atoms with Gasteiger partial charge in [-0.1, -0.05) is 24.3 Å². The third kappa shape index (κ3) is 4.19. The number of phenolic OH excluding ortho intramolecular Hbond substituents is 1. The number of nitro benzene ring substituents is 1. The van der Waals surface area contributed by atoms with E-state index in [1.54, 1.807) is 30.3 Å². The molecule has 0 fully saturated rings. The van der Waals surface area contributed by atoms with E-state index in [0.717, 1.165) is 0 Å². The third-order valence-electron chi connectivity index (χ3n) is 3.27. The number of nitrogens with zero attached hydrogens (tertiary/aromatic N) is 1. The Morgan fingerprint density at radius 1 is 1.30 bits per heavy atom. The number of phenols is 1. The van der Waals surface area contributed by atoms with Crippen molar-refractivity contribution in [2.45, 2.75) is 13.0 Å². The molecule has 0 atom stereocenters. The number of carbonyl (C=O) groups excluding carboxylic acids is 1. The number of hydrogen-bond donors (Lipinski definition) is 2. The van der Waals surface area contributed by atoms with Crippen LogP contribution < -0.4 is 10.1 Å². The molecule has 0 heterocycles. The first kappa shape index (κ1) is 16.3. The van der Waals surface area contributed by atoms with Gasteiger partial charge in [0.2, 0.25) is 5.91 Å². The number of hydrogen-bond acceptors (Lipinski definition) is 5. The maximum Gasteiger partial charge on any atom is 0.273 e. The predicted octanol–water partition coefficient (Wildman–Crippen LogP) is 2.17. The summed E-state index contributed by atoms with van der Waals surface area (Å²) in [7, 11) is 1.45. The van der Waals surface area contributed by atoms with E-state index in [4.69, 9.17) is 4.74 Å². The molecule has 7 nitrogen and oxygen atoms in total. The van der Waals surface area contributed by atoms with Crippen LogP contribution in [-0.2, 0) is 17.8 Å². The first-order valence-electron chi connectivity index (χ1n) is 6.86. The van der Waals surface area contributed by atoms with Gasteiger partial charge in [-0.15, -0.1) is 0 Å². The lowest BCUT2D eigenvalue weighted by molar-refractivity contribution is -0.385. The molecule has 7 heteroatoms. The number of carbonyl (C=O) groups is 1. The first-order valence-corrected chi connectivity index (χ1v) is 6.86. The van der Waals surface area contributed by atoms with Crippen LogP contribution in [0.3, 0.4) is 0 Å². The van der Waals surface area contributed by atoms with Gasteiger partial charge in [0.15, 0.2) is 11.5 Å². The third-order valence-corrected chi connectivity index (χ3v) is 3.27. The number of ether oxygens (including phenoxy) is 1. The van der Waals surface area contributed by atoms with E-state index in [1.807, 2.05) is 0 Å². The van der Waals surface area contributed by atoms with Gasteiger partial charge in [-0.3, -0.25) is 14.9 Å². The van der Waals surface area contributed by atoms with E-state index >= 15 is 0 Å². The molecule has 120 valence electrons. The molecule has 0 aromatic heterocycles. The highest BCUT2D eigenvalue weighted by Crippen LogP contribution is 2.26. The van der Waals surface area contributed by atoms with Crippen LogP contribution in [0.25, 0.3) is 0 Å². The molecule has 0 aliphatic carbocycles. The van der Waals surface area contributed by atoms with Gasteiger partial charge in [0.25, 0.3) is 5.69 Å². The SMILES string of the molecule is COc1ccc(CNC(=O)Cc2ccccc2[N+](=O)[O-])cc1O. The first-order chi connectivity index (χ1) is 11.0. The lowest BCUT2D eigenvalue weighted by Crippen LogP contribution is -2.24. The fourth-order valence-electron chi connectivity index (χ4n) is 2.12. The summed E-state index contributed by atoms with van der Waals surface area (Å²) in [6.07, 6.45) is -0.0840. The van der Waals surface area contributed by atoms with Crippen LogP contribution >= 0.6 is 0 Å². The van der Waals surface area contributed by atoms with Gasteiger partial charge >= 0.3 is 0 Å². The quantitative estimate of drug-likeness (QED) is 0.628. The number of nitro groups is 1. The van der Waals surface area contributed by atoms with Crippen molar-refractivity contribution in [3.63, 3.8) is 0 Å². The summed E-state index contributed by atoms with van der Waals surface area (Å²) in [6.45, 7) is 0.205. The Hall–Kier alpha value is -3.09. The second kappa shape index (κ2) is 7.26. The maximum absolute atomic E-state index is 11.9. The zero-order chi connectivity index (χ0) is 16.8. The molecule has 0 bridgehead atoms. The molecule has 0 unspecified atom stereocenters. The summed E-state index contributed by atoms with van der Waals surface area (Å²) in [5.41, 5.74) is 0.969. The van der Waals surface area contributed by atoms with Crippen LogP contribution in [0.4, 0.5) is 5.69 Å². The standard InChI is InChI=1S/C16H16N2O5/c1-23-15-7-6-11(8-14(15)19)10-17-16(20)9-12-4-2-3-5-13(12)18(21)22/h2-8,19H,9-10H2,1H3,(H,17,20). The smallest absolute Gasteiger partial charge is 0.273 e. The second-order valence-electron chi connectivity index (χ2n) is 4.85. The van der Waals surface area contributed by atoms with E-state index < -0.39 is 4.92 Å². The number of methoxy groups -OCH3 is 1. The normalized spacial score (nSPS) is 10.1. The minimum absolute atomic E-state index is 0.0158. The minimum Gasteiger partial charge on any atom is -0.504 e. The van der Waals surface area contributed by atoms with Gasteiger partial charge in [0.05, 0.1) is 18.5 Å². The lowest BCUT2D eigenvalue weighted by Gasteiger charge is -2.08. The van der Waals surface area contributed by atoms with Gasteiger partial charge in [0, 0.05) is 18.2 Å². The number of amides is 1. The summed E-state index contributed by atoms with van der Waals surface area (Å²) in [5.74, 6) is -0.00691. The van der Waals surface area contributed by atoms with Gasteiger partial charge in [-0.2, -0.15) is 0 Å². The zero-order valence-electron chi connectivity index (χ0n) is 12.5. The summed E-state index contributed by atoms with van der Waals surface area (Å²) in [6, 6.07) is 10.9. The molecule has 0 radical (unpaired) electrons. The predicted molar refractivity (Wildman–Crippen MR) is 83.3 cm³/mol. The van der Waals surface area contributed by atoms with Crippen molar-refractivity contribution < 1.29 is 19.6 Å². The van der Waals surface area contributed by atoms with Crippen molar-refractivity contribution in [3.8, 4) is 11.5 Å².